The molecule has 0 radical (unpaired) electrons. The highest BCUT2D eigenvalue weighted by Gasteiger charge is 2.29. The third-order valence-electron chi connectivity index (χ3n) is 6.89. The minimum Gasteiger partial charge on any atom is -0.370 e. The third kappa shape index (κ3) is 5.37. The molecule has 0 bridgehead atoms. The minimum atomic E-state index is -0.191. The second-order valence-electron chi connectivity index (χ2n) is 9.30. The van der Waals surface area contributed by atoms with E-state index in [4.69, 9.17) is 16.3 Å². The van der Waals surface area contributed by atoms with Crippen LogP contribution in [-0.4, -0.2) is 49.6 Å². The molecule has 36 heavy (non-hydrogen) atoms. The highest BCUT2D eigenvalue weighted by Crippen LogP contribution is 2.23. The summed E-state index contributed by atoms with van der Waals surface area (Å²) in [5.41, 5.74) is 1.84. The summed E-state index contributed by atoms with van der Waals surface area (Å²) in [6.45, 7) is 1.07. The Labute approximate surface area is 214 Å². The van der Waals surface area contributed by atoms with Crippen LogP contribution in [-0.2, 0) is 9.53 Å². The first-order valence-electron chi connectivity index (χ1n) is 12.3. The van der Waals surface area contributed by atoms with Gasteiger partial charge >= 0.3 is 0 Å². The molecule has 186 valence electrons. The van der Waals surface area contributed by atoms with Crippen molar-refractivity contribution in [3.63, 3.8) is 0 Å². The summed E-state index contributed by atoms with van der Waals surface area (Å²) >= 11 is 6.07. The van der Waals surface area contributed by atoms with Gasteiger partial charge in [0, 0.05) is 40.5 Å². The number of hydrogen-bond donors (Lipinski definition) is 2. The molecule has 1 heterocycles. The Kier molecular flexibility index (Phi) is 7.20. The van der Waals surface area contributed by atoms with Crippen molar-refractivity contribution < 1.29 is 19.1 Å². The molecule has 2 fully saturated rings. The Balaban J connectivity index is 1.24. The molecule has 1 saturated heterocycles. The second kappa shape index (κ2) is 10.7. The van der Waals surface area contributed by atoms with Gasteiger partial charge < -0.3 is 20.3 Å². The van der Waals surface area contributed by atoms with E-state index in [1.165, 1.54) is 0 Å². The van der Waals surface area contributed by atoms with Crippen molar-refractivity contribution in [2.45, 2.75) is 37.8 Å². The lowest BCUT2D eigenvalue weighted by Crippen LogP contribution is -2.53. The molecule has 2 atom stereocenters. The molecule has 2 aliphatic rings. The van der Waals surface area contributed by atoms with Gasteiger partial charge in [0.25, 0.3) is 17.7 Å². The normalized spacial score (nSPS) is 20.2. The number of carbonyl (C=O) groups is 3. The number of ether oxygens (including phenoxy) is 1. The van der Waals surface area contributed by atoms with Crippen molar-refractivity contribution in [3.05, 3.63) is 76.8 Å². The first-order chi connectivity index (χ1) is 17.5. The van der Waals surface area contributed by atoms with Crippen LogP contribution in [0.2, 0.25) is 5.02 Å². The molecule has 3 aromatic carbocycles. The fraction of sp³-hybridized carbons (Fsp3) is 0.321. The molecule has 1 saturated carbocycles. The number of nitrogens with zero attached hydrogens (tertiary/aromatic N) is 1. The van der Waals surface area contributed by atoms with Gasteiger partial charge in [0.15, 0.2) is 0 Å². The molecule has 1 aliphatic heterocycles. The van der Waals surface area contributed by atoms with Crippen molar-refractivity contribution in [1.82, 2.24) is 10.6 Å². The van der Waals surface area contributed by atoms with E-state index in [9.17, 15) is 14.4 Å². The molecule has 3 aromatic rings. The number of nitrogens with one attached hydrogen (secondary N) is 2. The molecule has 3 amide bonds. The number of morpholine rings is 1. The largest absolute Gasteiger partial charge is 0.370 e. The summed E-state index contributed by atoms with van der Waals surface area (Å²) in [5.74, 6) is -0.435. The summed E-state index contributed by atoms with van der Waals surface area (Å²) in [6, 6.07) is 17.8. The average molecular weight is 506 g/mol. The fourth-order valence-electron chi connectivity index (χ4n) is 4.92. The monoisotopic (exact) mass is 505 g/mol. The predicted octanol–water partition coefficient (Wildman–Crippen LogP) is 4.33. The fourth-order valence-corrected chi connectivity index (χ4v) is 5.10. The SMILES string of the molecule is O=C(NC1CCCCC1NC(=O)c1ccc2cc(Cl)ccc2c1)c1ccc(N2CCOCC2=O)cc1. The van der Waals surface area contributed by atoms with Gasteiger partial charge in [0.05, 0.1) is 6.61 Å². The van der Waals surface area contributed by atoms with E-state index in [0.29, 0.717) is 29.3 Å². The van der Waals surface area contributed by atoms with Gasteiger partial charge in [-0.05, 0) is 72.1 Å². The number of rotatable bonds is 5. The number of amides is 3. The average Bonchev–Trinajstić information content (AvgIpc) is 2.90. The zero-order chi connectivity index (χ0) is 25.1. The highest BCUT2D eigenvalue weighted by molar-refractivity contribution is 6.31. The van der Waals surface area contributed by atoms with E-state index in [-0.39, 0.29) is 36.4 Å². The van der Waals surface area contributed by atoms with Gasteiger partial charge in [0.2, 0.25) is 0 Å². The minimum absolute atomic E-state index is 0.0740. The van der Waals surface area contributed by atoms with Crippen LogP contribution in [0.25, 0.3) is 10.8 Å². The first kappa shape index (κ1) is 24.3. The summed E-state index contributed by atoms with van der Waals surface area (Å²) in [6.07, 6.45) is 3.59. The quantitative estimate of drug-likeness (QED) is 0.540. The van der Waals surface area contributed by atoms with Gasteiger partial charge in [-0.25, -0.2) is 0 Å². The van der Waals surface area contributed by atoms with Crippen LogP contribution >= 0.6 is 11.6 Å². The Morgan fingerprint density at radius 1 is 0.833 bits per heavy atom. The maximum Gasteiger partial charge on any atom is 0.253 e. The molecular formula is C28H28ClN3O4. The van der Waals surface area contributed by atoms with E-state index < -0.39 is 0 Å². The maximum absolute atomic E-state index is 13.0. The Morgan fingerprint density at radius 2 is 1.44 bits per heavy atom. The number of anilines is 1. The smallest absolute Gasteiger partial charge is 0.253 e. The van der Waals surface area contributed by atoms with Crippen molar-refractivity contribution in [1.29, 1.82) is 0 Å². The van der Waals surface area contributed by atoms with Crippen LogP contribution < -0.4 is 15.5 Å². The van der Waals surface area contributed by atoms with Crippen LogP contribution in [0.3, 0.4) is 0 Å². The second-order valence-corrected chi connectivity index (χ2v) is 9.73. The van der Waals surface area contributed by atoms with Crippen LogP contribution in [0.4, 0.5) is 5.69 Å². The van der Waals surface area contributed by atoms with Crippen LogP contribution in [0.5, 0.6) is 0 Å². The molecular weight excluding hydrogens is 478 g/mol. The lowest BCUT2D eigenvalue weighted by molar-refractivity contribution is -0.125. The Hall–Kier alpha value is -3.42. The van der Waals surface area contributed by atoms with Crippen molar-refractivity contribution in [2.75, 3.05) is 24.7 Å². The van der Waals surface area contributed by atoms with E-state index in [1.807, 2.05) is 30.3 Å². The van der Waals surface area contributed by atoms with Gasteiger partial charge in [-0.15, -0.1) is 0 Å². The Bertz CT molecular complexity index is 1290. The number of fused-ring (bicyclic) bond motifs is 1. The molecule has 2 unspecified atom stereocenters. The topological polar surface area (TPSA) is 87.7 Å². The molecule has 5 rings (SSSR count). The van der Waals surface area contributed by atoms with E-state index in [0.717, 1.165) is 42.1 Å². The third-order valence-corrected chi connectivity index (χ3v) is 7.13. The standard InChI is InChI=1S/C28H28ClN3O4/c29-22-10-7-19-15-21(6-5-20(19)16-22)28(35)31-25-4-2-1-3-24(25)30-27(34)18-8-11-23(12-9-18)32-13-14-36-17-26(32)33/h5-12,15-16,24-25H,1-4,13-14,17H2,(H,30,34)(H,31,35). The summed E-state index contributed by atoms with van der Waals surface area (Å²) in [5, 5.41) is 8.84. The van der Waals surface area contributed by atoms with Gasteiger partial charge in [-0.1, -0.05) is 36.6 Å². The summed E-state index contributed by atoms with van der Waals surface area (Å²) < 4.78 is 5.18. The molecule has 8 heteroatoms. The van der Waals surface area contributed by atoms with E-state index in [2.05, 4.69) is 10.6 Å². The van der Waals surface area contributed by atoms with Crippen molar-refractivity contribution in [3.8, 4) is 0 Å². The van der Waals surface area contributed by atoms with Crippen LogP contribution in [0, 0.1) is 0 Å². The van der Waals surface area contributed by atoms with Crippen LogP contribution in [0.1, 0.15) is 46.4 Å². The number of halogens is 1. The van der Waals surface area contributed by atoms with Gasteiger partial charge in [0.1, 0.15) is 6.61 Å². The number of hydrogen-bond acceptors (Lipinski definition) is 4. The summed E-state index contributed by atoms with van der Waals surface area (Å²) in [4.78, 5) is 39.8. The van der Waals surface area contributed by atoms with E-state index in [1.54, 1.807) is 35.2 Å². The molecule has 0 spiro atoms. The number of carbonyl (C=O) groups excluding carboxylic acids is 3. The maximum atomic E-state index is 13.0. The summed E-state index contributed by atoms with van der Waals surface area (Å²) in [7, 11) is 0. The molecule has 1 aliphatic carbocycles. The highest BCUT2D eigenvalue weighted by atomic mass is 35.5. The number of benzene rings is 3. The van der Waals surface area contributed by atoms with E-state index >= 15 is 0 Å². The lowest BCUT2D eigenvalue weighted by atomic mass is 9.89. The Morgan fingerprint density at radius 3 is 2.14 bits per heavy atom. The molecule has 2 N–H and O–H groups in total. The zero-order valence-corrected chi connectivity index (χ0v) is 20.6. The van der Waals surface area contributed by atoms with Gasteiger partial charge in [-0.2, -0.15) is 0 Å². The first-order valence-corrected chi connectivity index (χ1v) is 12.6. The van der Waals surface area contributed by atoms with Crippen molar-refractivity contribution in [2.24, 2.45) is 0 Å². The lowest BCUT2D eigenvalue weighted by Gasteiger charge is -2.33. The van der Waals surface area contributed by atoms with Gasteiger partial charge in [-0.3, -0.25) is 14.4 Å². The molecule has 0 aromatic heterocycles. The van der Waals surface area contributed by atoms with Crippen LogP contribution in [0.15, 0.2) is 60.7 Å². The molecule has 7 nitrogen and oxygen atoms in total. The van der Waals surface area contributed by atoms with Crippen molar-refractivity contribution >= 4 is 45.8 Å². The zero-order valence-electron chi connectivity index (χ0n) is 19.8. The predicted molar refractivity (Wildman–Crippen MR) is 140 cm³/mol.